The first-order valence-electron chi connectivity index (χ1n) is 10.8. The highest BCUT2D eigenvalue weighted by atomic mass is 79.9. The van der Waals surface area contributed by atoms with Crippen LogP contribution < -0.4 is 0 Å². The minimum atomic E-state index is 0.899. The van der Waals surface area contributed by atoms with Crippen LogP contribution in [0, 0.1) is 0 Å². The SMILES string of the molecule is Brc1ccc2c(c1)-c1ccccc1-c1ccccc1-c1cc(Br)c3c(oc4ccccc43)c1-2. The standard InChI is InChI=1S/C30H16Br2O/c31-17-13-14-22-24(15-17)20-9-3-1-7-18(20)19-8-2-4-10-21(19)25-16-26(32)29-23-11-5-6-12-27(23)33-30(29)28(22)25/h1-16H. The molecule has 0 radical (unpaired) electrons. The van der Waals surface area contributed by atoms with Gasteiger partial charge in [-0.3, -0.25) is 0 Å². The van der Waals surface area contributed by atoms with E-state index in [4.69, 9.17) is 4.42 Å². The zero-order valence-electron chi connectivity index (χ0n) is 17.4. The van der Waals surface area contributed by atoms with Crippen LogP contribution >= 0.6 is 31.9 Å². The Hall–Kier alpha value is -3.14. The second-order valence-corrected chi connectivity index (χ2v) is 10.1. The van der Waals surface area contributed by atoms with Crippen molar-refractivity contribution >= 4 is 53.8 Å². The molecule has 5 aromatic carbocycles. The highest BCUT2D eigenvalue weighted by Crippen LogP contribution is 2.52. The van der Waals surface area contributed by atoms with E-state index in [1.165, 1.54) is 38.9 Å². The van der Waals surface area contributed by atoms with Gasteiger partial charge in [0.15, 0.2) is 0 Å². The summed E-state index contributed by atoms with van der Waals surface area (Å²) in [6.07, 6.45) is 0. The summed E-state index contributed by atoms with van der Waals surface area (Å²) in [5.41, 5.74) is 11.4. The molecule has 33 heavy (non-hydrogen) atoms. The minimum Gasteiger partial charge on any atom is -0.455 e. The van der Waals surface area contributed by atoms with E-state index in [2.05, 4.69) is 117 Å². The summed E-state index contributed by atoms with van der Waals surface area (Å²) < 4.78 is 8.68. The smallest absolute Gasteiger partial charge is 0.145 e. The largest absolute Gasteiger partial charge is 0.455 e. The molecule has 0 amide bonds. The third-order valence-corrected chi connectivity index (χ3v) is 7.70. The summed E-state index contributed by atoms with van der Waals surface area (Å²) >= 11 is 7.61. The molecule has 0 aliphatic heterocycles. The molecule has 0 saturated heterocycles. The Bertz CT molecular complexity index is 1740. The van der Waals surface area contributed by atoms with E-state index >= 15 is 0 Å². The Kier molecular flexibility index (Phi) is 4.21. The second-order valence-electron chi connectivity index (χ2n) is 8.36. The monoisotopic (exact) mass is 550 g/mol. The Morgan fingerprint density at radius 1 is 0.515 bits per heavy atom. The molecule has 7 rings (SSSR count). The van der Waals surface area contributed by atoms with Crippen molar-refractivity contribution in [1.82, 2.24) is 0 Å². The lowest BCUT2D eigenvalue weighted by Crippen LogP contribution is -1.97. The van der Waals surface area contributed by atoms with Crippen molar-refractivity contribution in [2.45, 2.75) is 0 Å². The molecule has 1 nitrogen and oxygen atoms in total. The Morgan fingerprint density at radius 3 is 1.85 bits per heavy atom. The lowest BCUT2D eigenvalue weighted by atomic mass is 9.80. The van der Waals surface area contributed by atoms with E-state index in [9.17, 15) is 0 Å². The lowest BCUT2D eigenvalue weighted by Gasteiger charge is -2.23. The maximum atomic E-state index is 6.58. The maximum Gasteiger partial charge on any atom is 0.145 e. The van der Waals surface area contributed by atoms with Crippen molar-refractivity contribution in [2.75, 3.05) is 0 Å². The van der Waals surface area contributed by atoms with Gasteiger partial charge in [-0.25, -0.2) is 0 Å². The van der Waals surface area contributed by atoms with Gasteiger partial charge in [0.05, 0.1) is 0 Å². The van der Waals surface area contributed by atoms with Crippen molar-refractivity contribution in [3.8, 4) is 44.5 Å². The molecule has 6 aromatic rings. The fourth-order valence-corrected chi connectivity index (χ4v) is 6.18. The van der Waals surface area contributed by atoms with E-state index in [1.807, 2.05) is 12.1 Å². The number of halogens is 2. The molecule has 1 aliphatic carbocycles. The first kappa shape index (κ1) is 19.3. The van der Waals surface area contributed by atoms with Crippen LogP contribution in [0.25, 0.3) is 66.4 Å². The molecule has 3 heteroatoms. The van der Waals surface area contributed by atoms with Gasteiger partial charge in [-0.1, -0.05) is 88.7 Å². The molecule has 0 bridgehead atoms. The molecule has 0 saturated carbocycles. The van der Waals surface area contributed by atoms with E-state index in [0.29, 0.717) is 0 Å². The molecule has 1 heterocycles. The van der Waals surface area contributed by atoms with Crippen molar-refractivity contribution < 1.29 is 4.42 Å². The fraction of sp³-hybridized carbons (Fsp3) is 0. The van der Waals surface area contributed by atoms with Crippen LogP contribution in [-0.2, 0) is 0 Å². The van der Waals surface area contributed by atoms with Crippen LogP contribution in [0.5, 0.6) is 0 Å². The number of rotatable bonds is 0. The van der Waals surface area contributed by atoms with E-state index < -0.39 is 0 Å². The average Bonchev–Trinajstić information content (AvgIpc) is 3.24. The summed E-state index contributed by atoms with van der Waals surface area (Å²) in [5, 5.41) is 2.24. The molecule has 0 N–H and O–H groups in total. The third-order valence-electron chi connectivity index (χ3n) is 6.58. The van der Waals surface area contributed by atoms with Crippen molar-refractivity contribution in [3.63, 3.8) is 0 Å². The summed E-state index contributed by atoms with van der Waals surface area (Å²) in [7, 11) is 0. The van der Waals surface area contributed by atoms with Gasteiger partial charge in [0, 0.05) is 25.3 Å². The van der Waals surface area contributed by atoms with Gasteiger partial charge >= 0.3 is 0 Å². The highest BCUT2D eigenvalue weighted by molar-refractivity contribution is 9.11. The van der Waals surface area contributed by atoms with Gasteiger partial charge in [0.25, 0.3) is 0 Å². The van der Waals surface area contributed by atoms with Crippen LogP contribution in [0.4, 0.5) is 0 Å². The van der Waals surface area contributed by atoms with Crippen molar-refractivity contribution in [3.05, 3.63) is 106 Å². The predicted molar refractivity (Wildman–Crippen MR) is 144 cm³/mol. The van der Waals surface area contributed by atoms with E-state index in [0.717, 1.165) is 36.4 Å². The van der Waals surface area contributed by atoms with Gasteiger partial charge in [0.2, 0.25) is 0 Å². The topological polar surface area (TPSA) is 13.1 Å². The normalized spacial score (nSPS) is 11.9. The highest BCUT2D eigenvalue weighted by Gasteiger charge is 2.26. The lowest BCUT2D eigenvalue weighted by molar-refractivity contribution is 0.670. The second kappa shape index (κ2) is 7.18. The molecule has 1 aliphatic rings. The molecule has 0 atom stereocenters. The summed E-state index contributed by atoms with van der Waals surface area (Å²) in [6, 6.07) is 34.4. The average molecular weight is 552 g/mol. The first-order valence-corrected chi connectivity index (χ1v) is 12.4. The quantitative estimate of drug-likeness (QED) is 0.183. The van der Waals surface area contributed by atoms with Gasteiger partial charge in [-0.15, -0.1) is 0 Å². The summed E-state index contributed by atoms with van der Waals surface area (Å²) in [4.78, 5) is 0. The van der Waals surface area contributed by atoms with E-state index in [1.54, 1.807) is 0 Å². The molecule has 0 spiro atoms. The van der Waals surface area contributed by atoms with Crippen LogP contribution in [0.2, 0.25) is 0 Å². The van der Waals surface area contributed by atoms with E-state index in [-0.39, 0.29) is 0 Å². The summed E-state index contributed by atoms with van der Waals surface area (Å²) in [6.45, 7) is 0. The van der Waals surface area contributed by atoms with Crippen molar-refractivity contribution in [2.24, 2.45) is 0 Å². The van der Waals surface area contributed by atoms with Gasteiger partial charge in [-0.2, -0.15) is 0 Å². The van der Waals surface area contributed by atoms with Gasteiger partial charge < -0.3 is 4.42 Å². The Balaban J connectivity index is 1.76. The third kappa shape index (κ3) is 2.76. The van der Waals surface area contributed by atoms with Crippen LogP contribution in [0.15, 0.2) is 110 Å². The minimum absolute atomic E-state index is 0.899. The predicted octanol–water partition coefficient (Wildman–Crippen LogP) is 10.1. The van der Waals surface area contributed by atoms with Crippen molar-refractivity contribution in [1.29, 1.82) is 0 Å². The van der Waals surface area contributed by atoms with Gasteiger partial charge in [-0.05, 0) is 79.1 Å². The molecule has 0 fully saturated rings. The Labute approximate surface area is 207 Å². The number of hydrogen-bond acceptors (Lipinski definition) is 1. The number of benzene rings is 5. The summed E-state index contributed by atoms with van der Waals surface area (Å²) in [5.74, 6) is 0. The zero-order chi connectivity index (χ0) is 22.1. The number of furan rings is 1. The van der Waals surface area contributed by atoms with Crippen LogP contribution in [-0.4, -0.2) is 0 Å². The van der Waals surface area contributed by atoms with Crippen LogP contribution in [0.1, 0.15) is 0 Å². The van der Waals surface area contributed by atoms with Gasteiger partial charge in [0.1, 0.15) is 11.2 Å². The molecule has 1 aromatic heterocycles. The molecular weight excluding hydrogens is 536 g/mol. The fourth-order valence-electron chi connectivity index (χ4n) is 5.19. The number of hydrogen-bond donors (Lipinski definition) is 0. The molecule has 156 valence electrons. The first-order chi connectivity index (χ1) is 16.2. The Morgan fingerprint density at radius 2 is 1.12 bits per heavy atom. The number of para-hydroxylation sites is 1. The van der Waals surface area contributed by atoms with Crippen LogP contribution in [0.3, 0.4) is 0 Å². The maximum absolute atomic E-state index is 6.58. The molecular formula is C30H16Br2O. The molecule has 0 unspecified atom stereocenters. The zero-order valence-corrected chi connectivity index (χ0v) is 20.6. The number of fused-ring (bicyclic) bond motifs is 12.